The van der Waals surface area contributed by atoms with Crippen molar-refractivity contribution in [3.63, 3.8) is 0 Å². The van der Waals surface area contributed by atoms with Gasteiger partial charge in [0.25, 0.3) is 0 Å². The van der Waals surface area contributed by atoms with E-state index in [1.807, 2.05) is 28.9 Å². The molecule has 148 valence electrons. The van der Waals surface area contributed by atoms with Gasteiger partial charge in [0.2, 0.25) is 0 Å². The number of rotatable bonds is 6. The summed E-state index contributed by atoms with van der Waals surface area (Å²) in [5.74, 6) is 3.41. The minimum absolute atomic E-state index is 0. The number of guanidine groups is 1. The Labute approximate surface area is 176 Å². The van der Waals surface area contributed by atoms with Gasteiger partial charge < -0.3 is 20.1 Å². The zero-order valence-corrected chi connectivity index (χ0v) is 18.3. The topological polar surface area (TPSA) is 85.6 Å². The molecular weight excluding hydrogens is 459 g/mol. The first kappa shape index (κ1) is 21.4. The van der Waals surface area contributed by atoms with Crippen molar-refractivity contribution in [2.24, 2.45) is 4.99 Å². The third kappa shape index (κ3) is 5.80. The van der Waals surface area contributed by atoms with Crippen LogP contribution in [0.25, 0.3) is 0 Å². The number of methoxy groups -OCH3 is 2. The highest BCUT2D eigenvalue weighted by Gasteiger charge is 2.22. The lowest BCUT2D eigenvalue weighted by Crippen LogP contribution is -2.46. The van der Waals surface area contributed by atoms with Crippen LogP contribution < -0.4 is 15.4 Å². The van der Waals surface area contributed by atoms with Gasteiger partial charge >= 0.3 is 0 Å². The van der Waals surface area contributed by atoms with Crippen molar-refractivity contribution in [2.75, 3.05) is 21.3 Å². The second kappa shape index (κ2) is 10.5. The van der Waals surface area contributed by atoms with Gasteiger partial charge in [-0.15, -0.1) is 24.0 Å². The molecule has 9 heteroatoms. The molecule has 1 aliphatic heterocycles. The van der Waals surface area contributed by atoms with Gasteiger partial charge in [0.1, 0.15) is 18.2 Å². The fourth-order valence-electron chi connectivity index (χ4n) is 2.99. The van der Waals surface area contributed by atoms with Crippen molar-refractivity contribution in [3.8, 4) is 5.75 Å². The average molecular weight is 486 g/mol. The minimum atomic E-state index is 0. The van der Waals surface area contributed by atoms with Crippen molar-refractivity contribution in [1.82, 2.24) is 25.4 Å². The number of nitrogens with one attached hydrogen (secondary N) is 2. The molecule has 1 aromatic heterocycles. The summed E-state index contributed by atoms with van der Waals surface area (Å²) in [6, 6.07) is 8.26. The van der Waals surface area contributed by atoms with E-state index in [1.165, 1.54) is 5.56 Å². The smallest absolute Gasteiger partial charge is 0.191 e. The molecule has 1 aliphatic rings. The highest BCUT2D eigenvalue weighted by molar-refractivity contribution is 14.0. The predicted octanol–water partition coefficient (Wildman–Crippen LogP) is 1.73. The van der Waals surface area contributed by atoms with E-state index >= 15 is 0 Å². The Morgan fingerprint density at radius 2 is 2.07 bits per heavy atom. The average Bonchev–Trinajstić information content (AvgIpc) is 3.07. The molecule has 1 aromatic carbocycles. The number of aryl methyl sites for hydroxylation is 1. The number of aliphatic imine (C=N–C) groups is 1. The molecule has 2 N–H and O–H groups in total. The summed E-state index contributed by atoms with van der Waals surface area (Å²) in [5, 5.41) is 11.3. The zero-order valence-electron chi connectivity index (χ0n) is 15.9. The van der Waals surface area contributed by atoms with Crippen LogP contribution in [0.2, 0.25) is 0 Å². The van der Waals surface area contributed by atoms with Crippen molar-refractivity contribution in [3.05, 3.63) is 41.5 Å². The maximum absolute atomic E-state index is 5.18. The molecule has 0 saturated heterocycles. The van der Waals surface area contributed by atoms with Gasteiger partial charge in [-0.25, -0.2) is 9.67 Å². The summed E-state index contributed by atoms with van der Waals surface area (Å²) >= 11 is 0. The van der Waals surface area contributed by atoms with Crippen LogP contribution in [-0.2, 0) is 30.9 Å². The molecule has 0 fully saturated rings. The number of ether oxygens (including phenoxy) is 2. The van der Waals surface area contributed by atoms with Gasteiger partial charge in [-0.3, -0.25) is 4.99 Å². The van der Waals surface area contributed by atoms with Crippen LogP contribution in [-0.4, -0.2) is 48.0 Å². The van der Waals surface area contributed by atoms with Crippen molar-refractivity contribution >= 4 is 29.9 Å². The molecule has 2 aromatic rings. The second-order valence-corrected chi connectivity index (χ2v) is 6.21. The standard InChI is InChI=1S/C18H26N6O2.HI/c1-19-18(20-10-13-4-7-15(26-3)8-5-13)21-14-6-9-17-22-16(12-25-2)23-24(17)11-14;/h4-5,7-8,14H,6,9-12H2,1-3H3,(H2,19,20,21);1H. The number of fused-ring (bicyclic) bond motifs is 1. The highest BCUT2D eigenvalue weighted by Crippen LogP contribution is 2.14. The van der Waals surface area contributed by atoms with E-state index in [-0.39, 0.29) is 30.0 Å². The molecule has 0 radical (unpaired) electrons. The maximum atomic E-state index is 5.18. The number of hydrogen-bond acceptors (Lipinski definition) is 5. The van der Waals surface area contributed by atoms with Crippen molar-refractivity contribution < 1.29 is 9.47 Å². The minimum Gasteiger partial charge on any atom is -0.497 e. The first-order chi connectivity index (χ1) is 12.7. The molecular formula is C18H27IN6O2. The van der Waals surface area contributed by atoms with E-state index in [1.54, 1.807) is 21.3 Å². The molecule has 2 heterocycles. The lowest BCUT2D eigenvalue weighted by Gasteiger charge is -2.25. The highest BCUT2D eigenvalue weighted by atomic mass is 127. The molecule has 0 saturated carbocycles. The van der Waals surface area contributed by atoms with Gasteiger partial charge in [0, 0.05) is 33.2 Å². The molecule has 0 spiro atoms. The van der Waals surface area contributed by atoms with E-state index in [9.17, 15) is 0 Å². The van der Waals surface area contributed by atoms with Gasteiger partial charge in [-0.05, 0) is 24.1 Å². The SMILES string of the molecule is CN=C(NCc1ccc(OC)cc1)NC1CCc2nc(COC)nn2C1.I. The largest absolute Gasteiger partial charge is 0.497 e. The second-order valence-electron chi connectivity index (χ2n) is 6.21. The van der Waals surface area contributed by atoms with Gasteiger partial charge in [0.15, 0.2) is 11.8 Å². The number of hydrogen-bond donors (Lipinski definition) is 2. The summed E-state index contributed by atoms with van der Waals surface area (Å²) in [5.41, 5.74) is 1.17. The first-order valence-corrected chi connectivity index (χ1v) is 8.73. The van der Waals surface area contributed by atoms with Crippen LogP contribution in [0, 0.1) is 0 Å². The number of aromatic nitrogens is 3. The van der Waals surface area contributed by atoms with Crippen LogP contribution in [0.5, 0.6) is 5.75 Å². The molecule has 1 unspecified atom stereocenters. The van der Waals surface area contributed by atoms with E-state index in [0.717, 1.165) is 42.7 Å². The van der Waals surface area contributed by atoms with E-state index < -0.39 is 0 Å². The number of benzene rings is 1. The summed E-state index contributed by atoms with van der Waals surface area (Å²) in [7, 11) is 5.11. The summed E-state index contributed by atoms with van der Waals surface area (Å²) < 4.78 is 12.3. The number of nitrogens with zero attached hydrogens (tertiary/aromatic N) is 4. The zero-order chi connectivity index (χ0) is 18.4. The van der Waals surface area contributed by atoms with Crippen LogP contribution in [0.1, 0.15) is 23.6 Å². The molecule has 3 rings (SSSR count). The van der Waals surface area contributed by atoms with E-state index in [4.69, 9.17) is 9.47 Å². The normalized spacial score (nSPS) is 16.3. The van der Waals surface area contributed by atoms with E-state index in [2.05, 4.69) is 25.7 Å². The quantitative estimate of drug-likeness (QED) is 0.368. The van der Waals surface area contributed by atoms with Crippen LogP contribution in [0.4, 0.5) is 0 Å². The van der Waals surface area contributed by atoms with Gasteiger partial charge in [0.05, 0.1) is 13.7 Å². The predicted molar refractivity (Wildman–Crippen MR) is 115 cm³/mol. The van der Waals surface area contributed by atoms with Crippen molar-refractivity contribution in [1.29, 1.82) is 0 Å². The fraction of sp³-hybridized carbons (Fsp3) is 0.500. The number of halogens is 1. The lowest BCUT2D eigenvalue weighted by molar-refractivity contribution is 0.177. The molecule has 0 aliphatic carbocycles. The van der Waals surface area contributed by atoms with Crippen LogP contribution >= 0.6 is 24.0 Å². The molecule has 1 atom stereocenters. The molecule has 8 nitrogen and oxygen atoms in total. The lowest BCUT2D eigenvalue weighted by atomic mass is 10.1. The Kier molecular flexibility index (Phi) is 8.29. The molecule has 0 amide bonds. The van der Waals surface area contributed by atoms with E-state index in [0.29, 0.717) is 13.2 Å². The molecule has 27 heavy (non-hydrogen) atoms. The first-order valence-electron chi connectivity index (χ1n) is 8.73. The molecule has 0 bridgehead atoms. The van der Waals surface area contributed by atoms with Crippen LogP contribution in [0.15, 0.2) is 29.3 Å². The monoisotopic (exact) mass is 486 g/mol. The van der Waals surface area contributed by atoms with Gasteiger partial charge in [-0.2, -0.15) is 5.10 Å². The Morgan fingerprint density at radius 1 is 1.30 bits per heavy atom. The van der Waals surface area contributed by atoms with Gasteiger partial charge in [-0.1, -0.05) is 12.1 Å². The Bertz CT molecular complexity index is 747. The Hall–Kier alpha value is -1.88. The van der Waals surface area contributed by atoms with Crippen LogP contribution in [0.3, 0.4) is 0 Å². The fourth-order valence-corrected chi connectivity index (χ4v) is 2.99. The Morgan fingerprint density at radius 3 is 2.74 bits per heavy atom. The summed E-state index contributed by atoms with van der Waals surface area (Å²) in [6.07, 6.45) is 1.89. The maximum Gasteiger partial charge on any atom is 0.191 e. The summed E-state index contributed by atoms with van der Waals surface area (Å²) in [6.45, 7) is 1.92. The third-order valence-corrected chi connectivity index (χ3v) is 4.36. The third-order valence-electron chi connectivity index (χ3n) is 4.36. The Balaban J connectivity index is 0.00000261. The summed E-state index contributed by atoms with van der Waals surface area (Å²) in [4.78, 5) is 8.83. The van der Waals surface area contributed by atoms with Crippen molar-refractivity contribution in [2.45, 2.75) is 38.6 Å².